The molecule has 0 saturated carbocycles. The van der Waals surface area contributed by atoms with Crippen LogP contribution in [0.15, 0.2) is 12.4 Å². The van der Waals surface area contributed by atoms with Crippen LogP contribution in [-0.4, -0.2) is 26.3 Å². The highest BCUT2D eigenvalue weighted by Crippen LogP contribution is 2.15. The normalized spacial score (nSPS) is 10.8. The van der Waals surface area contributed by atoms with Gasteiger partial charge in [0, 0.05) is 18.9 Å². The van der Waals surface area contributed by atoms with Gasteiger partial charge < -0.3 is 5.32 Å². The van der Waals surface area contributed by atoms with E-state index in [4.69, 9.17) is 0 Å². The smallest absolute Gasteiger partial charge is 0.217 e. The van der Waals surface area contributed by atoms with Crippen LogP contribution in [0.2, 0.25) is 0 Å². The van der Waals surface area contributed by atoms with Crippen LogP contribution in [0.4, 0.5) is 0 Å². The van der Waals surface area contributed by atoms with Gasteiger partial charge in [0.2, 0.25) is 5.13 Å². The quantitative estimate of drug-likeness (QED) is 0.844. The highest BCUT2D eigenvalue weighted by Gasteiger charge is 2.07. The Morgan fingerprint density at radius 1 is 1.47 bits per heavy atom. The first-order valence-corrected chi connectivity index (χ1v) is 5.66. The molecule has 15 heavy (non-hydrogen) atoms. The largest absolute Gasteiger partial charge is 0.311 e. The first-order valence-electron chi connectivity index (χ1n) is 4.84. The van der Waals surface area contributed by atoms with Crippen LogP contribution >= 0.6 is 11.3 Å². The van der Waals surface area contributed by atoms with Gasteiger partial charge in [0.1, 0.15) is 10.8 Å². The van der Waals surface area contributed by atoms with Crippen molar-refractivity contribution in [2.24, 2.45) is 0 Å². The van der Waals surface area contributed by atoms with Gasteiger partial charge in [-0.1, -0.05) is 18.3 Å². The monoisotopic (exact) mass is 223 g/mol. The molecule has 0 aliphatic rings. The van der Waals surface area contributed by atoms with Crippen LogP contribution < -0.4 is 5.32 Å². The van der Waals surface area contributed by atoms with E-state index in [2.05, 4.69) is 27.4 Å². The summed E-state index contributed by atoms with van der Waals surface area (Å²) in [4.78, 5) is 4.15. The number of hydrogen-bond acceptors (Lipinski definition) is 5. The summed E-state index contributed by atoms with van der Waals surface area (Å²) in [6.45, 7) is 5.74. The molecule has 0 unspecified atom stereocenters. The second-order valence-electron chi connectivity index (χ2n) is 3.10. The molecule has 5 nitrogen and oxygen atoms in total. The standard InChI is InChI=1S/C9H13N5S/c1-3-10-6-8-12-13-9(15-8)14-5-4-11-7(14)2/h4-5,10H,3,6H2,1-2H3. The minimum atomic E-state index is 0.780. The Kier molecular flexibility index (Phi) is 3.08. The van der Waals surface area contributed by atoms with Gasteiger partial charge in [0.05, 0.1) is 0 Å². The molecule has 0 radical (unpaired) electrons. The highest BCUT2D eigenvalue weighted by molar-refractivity contribution is 7.13. The maximum absolute atomic E-state index is 4.15. The van der Waals surface area contributed by atoms with Crippen LogP contribution in [0.25, 0.3) is 5.13 Å². The number of aromatic nitrogens is 4. The van der Waals surface area contributed by atoms with Gasteiger partial charge in [-0.3, -0.25) is 4.57 Å². The fourth-order valence-corrected chi connectivity index (χ4v) is 2.07. The maximum atomic E-state index is 4.15. The van der Waals surface area contributed by atoms with E-state index in [-0.39, 0.29) is 0 Å². The van der Waals surface area contributed by atoms with Crippen molar-refractivity contribution in [1.82, 2.24) is 25.1 Å². The number of nitrogens with zero attached hydrogens (tertiary/aromatic N) is 4. The van der Waals surface area contributed by atoms with E-state index in [1.807, 2.05) is 17.7 Å². The van der Waals surface area contributed by atoms with Crippen LogP contribution in [0.3, 0.4) is 0 Å². The lowest BCUT2D eigenvalue weighted by Gasteiger charge is -1.96. The minimum absolute atomic E-state index is 0.780. The van der Waals surface area contributed by atoms with Crippen molar-refractivity contribution in [1.29, 1.82) is 0 Å². The molecule has 0 aliphatic carbocycles. The summed E-state index contributed by atoms with van der Waals surface area (Å²) in [5.41, 5.74) is 0. The first-order chi connectivity index (χ1) is 7.31. The molecule has 0 amide bonds. The fourth-order valence-electron chi connectivity index (χ4n) is 1.23. The van der Waals surface area contributed by atoms with Gasteiger partial charge in [-0.15, -0.1) is 10.2 Å². The number of aryl methyl sites for hydroxylation is 1. The number of imidazole rings is 1. The molecule has 0 spiro atoms. The molecule has 0 bridgehead atoms. The molecule has 2 heterocycles. The van der Waals surface area contributed by atoms with Crippen molar-refractivity contribution in [3.63, 3.8) is 0 Å². The van der Waals surface area contributed by atoms with Gasteiger partial charge in [-0.25, -0.2) is 4.98 Å². The van der Waals surface area contributed by atoms with Gasteiger partial charge in [-0.05, 0) is 13.5 Å². The molecule has 80 valence electrons. The average molecular weight is 223 g/mol. The van der Waals surface area contributed by atoms with E-state index in [0.717, 1.165) is 29.1 Å². The van der Waals surface area contributed by atoms with Gasteiger partial charge in [0.15, 0.2) is 0 Å². The van der Waals surface area contributed by atoms with E-state index in [1.165, 1.54) is 0 Å². The van der Waals surface area contributed by atoms with Crippen LogP contribution in [0.5, 0.6) is 0 Å². The SMILES string of the molecule is CCNCc1nnc(-n2ccnc2C)s1. The Hall–Kier alpha value is -1.27. The Balaban J connectivity index is 2.17. The molecule has 2 aromatic heterocycles. The lowest BCUT2D eigenvalue weighted by atomic mass is 10.6. The molecule has 6 heteroatoms. The van der Waals surface area contributed by atoms with Crippen LogP contribution in [-0.2, 0) is 6.54 Å². The van der Waals surface area contributed by atoms with Gasteiger partial charge in [0.25, 0.3) is 0 Å². The Morgan fingerprint density at radius 3 is 3.00 bits per heavy atom. The molecule has 2 rings (SSSR count). The zero-order chi connectivity index (χ0) is 10.7. The summed E-state index contributed by atoms with van der Waals surface area (Å²) in [6, 6.07) is 0. The lowest BCUT2D eigenvalue weighted by molar-refractivity contribution is 0.714. The number of hydrogen-bond donors (Lipinski definition) is 1. The van der Waals surface area contributed by atoms with E-state index in [0.29, 0.717) is 0 Å². The average Bonchev–Trinajstić information content (AvgIpc) is 2.83. The molecule has 0 saturated heterocycles. The van der Waals surface area contributed by atoms with Crippen molar-refractivity contribution in [3.8, 4) is 5.13 Å². The summed E-state index contributed by atoms with van der Waals surface area (Å²) in [5.74, 6) is 0.932. The highest BCUT2D eigenvalue weighted by atomic mass is 32.1. The molecule has 0 fully saturated rings. The Labute approximate surface area is 92.2 Å². The van der Waals surface area contributed by atoms with Gasteiger partial charge in [-0.2, -0.15) is 0 Å². The number of rotatable bonds is 4. The van der Waals surface area contributed by atoms with E-state index in [9.17, 15) is 0 Å². The lowest BCUT2D eigenvalue weighted by Crippen LogP contribution is -2.11. The Morgan fingerprint density at radius 2 is 2.33 bits per heavy atom. The summed E-state index contributed by atoms with van der Waals surface area (Å²) in [7, 11) is 0. The van der Waals surface area contributed by atoms with E-state index in [1.54, 1.807) is 17.5 Å². The molecule has 1 N–H and O–H groups in total. The second-order valence-corrected chi connectivity index (χ2v) is 4.14. The zero-order valence-electron chi connectivity index (χ0n) is 8.77. The molecular weight excluding hydrogens is 210 g/mol. The molecular formula is C9H13N5S. The van der Waals surface area contributed by atoms with Crippen molar-refractivity contribution in [2.45, 2.75) is 20.4 Å². The third-order valence-corrected chi connectivity index (χ3v) is 2.94. The van der Waals surface area contributed by atoms with E-state index >= 15 is 0 Å². The molecule has 2 aromatic rings. The fraction of sp³-hybridized carbons (Fsp3) is 0.444. The zero-order valence-corrected chi connectivity index (χ0v) is 9.58. The van der Waals surface area contributed by atoms with Crippen molar-refractivity contribution < 1.29 is 0 Å². The predicted molar refractivity (Wildman–Crippen MR) is 59.1 cm³/mol. The summed E-state index contributed by atoms with van der Waals surface area (Å²) in [5, 5.41) is 13.3. The van der Waals surface area contributed by atoms with Gasteiger partial charge >= 0.3 is 0 Å². The topological polar surface area (TPSA) is 55.6 Å². The van der Waals surface area contributed by atoms with Crippen molar-refractivity contribution in [3.05, 3.63) is 23.2 Å². The summed E-state index contributed by atoms with van der Waals surface area (Å²) >= 11 is 1.58. The van der Waals surface area contributed by atoms with Crippen LogP contribution in [0.1, 0.15) is 17.8 Å². The maximum Gasteiger partial charge on any atom is 0.217 e. The first kappa shape index (κ1) is 10.3. The Bertz CT molecular complexity index is 433. The third-order valence-electron chi connectivity index (χ3n) is 2.01. The number of nitrogens with one attached hydrogen (secondary N) is 1. The van der Waals surface area contributed by atoms with E-state index < -0.39 is 0 Å². The predicted octanol–water partition coefficient (Wildman–Crippen LogP) is 1.14. The molecule has 0 atom stereocenters. The van der Waals surface area contributed by atoms with Crippen LogP contribution in [0, 0.1) is 6.92 Å². The minimum Gasteiger partial charge on any atom is -0.311 e. The third kappa shape index (κ3) is 2.21. The van der Waals surface area contributed by atoms with Crippen molar-refractivity contribution in [2.75, 3.05) is 6.54 Å². The van der Waals surface area contributed by atoms with Crippen molar-refractivity contribution >= 4 is 11.3 Å². The molecule has 0 aromatic carbocycles. The molecule has 0 aliphatic heterocycles. The summed E-state index contributed by atoms with van der Waals surface area (Å²) in [6.07, 6.45) is 3.66. The second kappa shape index (κ2) is 4.50. The summed E-state index contributed by atoms with van der Waals surface area (Å²) < 4.78 is 1.94.